The number of rotatable bonds is 5. The molecule has 2 N–H and O–H groups in total. The van der Waals surface area contributed by atoms with E-state index in [2.05, 4.69) is 10.3 Å². The lowest BCUT2D eigenvalue weighted by Crippen LogP contribution is -2.23. The number of hydrogen-bond acceptors (Lipinski definition) is 4. The van der Waals surface area contributed by atoms with E-state index in [4.69, 9.17) is 4.74 Å². The van der Waals surface area contributed by atoms with Gasteiger partial charge in [0.05, 0.1) is 12.2 Å². The van der Waals surface area contributed by atoms with Crippen molar-refractivity contribution in [3.05, 3.63) is 46.8 Å². The Labute approximate surface area is 157 Å². The monoisotopic (exact) mass is 369 g/mol. The van der Waals surface area contributed by atoms with Crippen LogP contribution in [0.2, 0.25) is 0 Å². The quantitative estimate of drug-likeness (QED) is 0.792. The first kappa shape index (κ1) is 18.7. The smallest absolute Gasteiger partial charge is 0.340 e. The van der Waals surface area contributed by atoms with E-state index in [0.717, 1.165) is 18.7 Å². The second-order valence-electron chi connectivity index (χ2n) is 6.50. The Bertz CT molecular complexity index is 883. The third kappa shape index (κ3) is 3.72. The van der Waals surface area contributed by atoms with Gasteiger partial charge in [-0.2, -0.15) is 0 Å². The Kier molecular flexibility index (Phi) is 5.30. The molecule has 0 unspecified atom stereocenters. The van der Waals surface area contributed by atoms with Gasteiger partial charge in [-0.1, -0.05) is 0 Å². The van der Waals surface area contributed by atoms with Crippen molar-refractivity contribution in [2.24, 2.45) is 0 Å². The number of anilines is 2. The van der Waals surface area contributed by atoms with E-state index in [1.165, 1.54) is 0 Å². The number of aromatic nitrogens is 1. The number of nitrogens with zero attached hydrogens (tertiary/aromatic N) is 1. The van der Waals surface area contributed by atoms with Crippen LogP contribution in [0.3, 0.4) is 0 Å². The molecule has 0 bridgehead atoms. The highest BCUT2D eigenvalue weighted by molar-refractivity contribution is 6.07. The molecule has 1 fully saturated rings. The molecular formula is C20H23N3O4. The lowest BCUT2D eigenvalue weighted by molar-refractivity contribution is -0.117. The highest BCUT2D eigenvalue weighted by atomic mass is 16.5. The second-order valence-corrected chi connectivity index (χ2v) is 6.50. The molecule has 0 atom stereocenters. The Morgan fingerprint density at radius 2 is 1.93 bits per heavy atom. The van der Waals surface area contributed by atoms with Gasteiger partial charge in [0.25, 0.3) is 5.91 Å². The number of ether oxygens (including phenoxy) is 1. The lowest BCUT2D eigenvalue weighted by Gasteiger charge is -2.16. The summed E-state index contributed by atoms with van der Waals surface area (Å²) in [5.41, 5.74) is 3.31. The van der Waals surface area contributed by atoms with Crippen molar-refractivity contribution in [2.75, 3.05) is 23.4 Å². The first-order valence-corrected chi connectivity index (χ1v) is 9.00. The van der Waals surface area contributed by atoms with Gasteiger partial charge in [-0.25, -0.2) is 4.79 Å². The normalized spacial score (nSPS) is 13.7. The van der Waals surface area contributed by atoms with Crippen LogP contribution in [0.1, 0.15) is 51.9 Å². The molecule has 2 aromatic rings. The third-order valence-corrected chi connectivity index (χ3v) is 4.65. The number of H-pyrrole nitrogens is 1. The Morgan fingerprint density at radius 3 is 2.52 bits per heavy atom. The van der Waals surface area contributed by atoms with E-state index >= 15 is 0 Å². The SMILES string of the molecule is CCOC(=O)c1c(C)[nH]c(C(=O)Nc2ccc(N3CCCC3=O)cc2)c1C. The van der Waals surface area contributed by atoms with Crippen molar-refractivity contribution >= 4 is 29.2 Å². The van der Waals surface area contributed by atoms with Gasteiger partial charge in [0.15, 0.2) is 0 Å². The molecule has 1 saturated heterocycles. The lowest BCUT2D eigenvalue weighted by atomic mass is 10.1. The number of benzene rings is 1. The van der Waals surface area contributed by atoms with Crippen molar-refractivity contribution in [2.45, 2.75) is 33.6 Å². The summed E-state index contributed by atoms with van der Waals surface area (Å²) in [6.45, 7) is 6.19. The van der Waals surface area contributed by atoms with Gasteiger partial charge in [0, 0.05) is 30.0 Å². The summed E-state index contributed by atoms with van der Waals surface area (Å²) in [5.74, 6) is -0.658. The fraction of sp³-hybridized carbons (Fsp3) is 0.350. The number of carbonyl (C=O) groups excluding carboxylic acids is 3. The van der Waals surface area contributed by atoms with E-state index in [-0.39, 0.29) is 18.4 Å². The average Bonchev–Trinajstić information content (AvgIpc) is 3.18. The van der Waals surface area contributed by atoms with Gasteiger partial charge in [0.2, 0.25) is 5.91 Å². The first-order chi connectivity index (χ1) is 12.9. The van der Waals surface area contributed by atoms with Gasteiger partial charge in [0.1, 0.15) is 5.69 Å². The molecule has 1 aliphatic rings. The predicted molar refractivity (Wildman–Crippen MR) is 102 cm³/mol. The number of carbonyl (C=O) groups is 3. The van der Waals surface area contributed by atoms with Gasteiger partial charge in [-0.3, -0.25) is 9.59 Å². The van der Waals surface area contributed by atoms with E-state index in [1.807, 2.05) is 12.1 Å². The molecule has 1 aromatic heterocycles. The van der Waals surface area contributed by atoms with Gasteiger partial charge in [-0.05, 0) is 57.0 Å². The number of hydrogen-bond donors (Lipinski definition) is 2. The molecular weight excluding hydrogens is 346 g/mol. The molecule has 1 aromatic carbocycles. The highest BCUT2D eigenvalue weighted by Crippen LogP contribution is 2.24. The fourth-order valence-electron chi connectivity index (χ4n) is 3.33. The van der Waals surface area contributed by atoms with Crippen molar-refractivity contribution in [3.8, 4) is 0 Å². The largest absolute Gasteiger partial charge is 0.462 e. The molecule has 0 spiro atoms. The highest BCUT2D eigenvalue weighted by Gasteiger charge is 2.24. The van der Waals surface area contributed by atoms with Crippen LogP contribution < -0.4 is 10.2 Å². The van der Waals surface area contributed by atoms with Crippen LogP contribution >= 0.6 is 0 Å². The number of nitrogens with one attached hydrogen (secondary N) is 2. The fourth-order valence-corrected chi connectivity index (χ4v) is 3.33. The summed E-state index contributed by atoms with van der Waals surface area (Å²) in [6.07, 6.45) is 1.44. The molecule has 7 nitrogen and oxygen atoms in total. The summed E-state index contributed by atoms with van der Waals surface area (Å²) < 4.78 is 5.05. The zero-order chi connectivity index (χ0) is 19.6. The van der Waals surface area contributed by atoms with Gasteiger partial charge < -0.3 is 19.9 Å². The summed E-state index contributed by atoms with van der Waals surface area (Å²) in [7, 11) is 0. The maximum Gasteiger partial charge on any atom is 0.340 e. The standard InChI is InChI=1S/C20H23N3O4/c1-4-27-20(26)17-12(2)18(21-13(17)3)19(25)22-14-7-9-15(10-8-14)23-11-5-6-16(23)24/h7-10,21H,4-6,11H2,1-3H3,(H,22,25). The van der Waals surface area contributed by atoms with Crippen LogP contribution in [0.4, 0.5) is 11.4 Å². The minimum Gasteiger partial charge on any atom is -0.462 e. The summed E-state index contributed by atoms with van der Waals surface area (Å²) >= 11 is 0. The maximum absolute atomic E-state index is 12.6. The predicted octanol–water partition coefficient (Wildman–Crippen LogP) is 3.19. The zero-order valence-electron chi connectivity index (χ0n) is 15.7. The van der Waals surface area contributed by atoms with Crippen molar-refractivity contribution in [3.63, 3.8) is 0 Å². The van der Waals surface area contributed by atoms with Crippen molar-refractivity contribution in [1.29, 1.82) is 0 Å². The van der Waals surface area contributed by atoms with E-state index in [9.17, 15) is 14.4 Å². The molecule has 142 valence electrons. The molecule has 0 saturated carbocycles. The Hall–Kier alpha value is -3.09. The van der Waals surface area contributed by atoms with Crippen LogP contribution in [0.5, 0.6) is 0 Å². The average molecular weight is 369 g/mol. The number of esters is 1. The molecule has 2 amide bonds. The zero-order valence-corrected chi connectivity index (χ0v) is 15.7. The summed E-state index contributed by atoms with van der Waals surface area (Å²) in [4.78, 5) is 41.2. The van der Waals surface area contributed by atoms with Crippen LogP contribution in [-0.4, -0.2) is 35.9 Å². The topological polar surface area (TPSA) is 91.5 Å². The molecule has 27 heavy (non-hydrogen) atoms. The summed E-state index contributed by atoms with van der Waals surface area (Å²) in [5, 5.41) is 2.81. The van der Waals surface area contributed by atoms with Gasteiger partial charge >= 0.3 is 5.97 Å². The second kappa shape index (κ2) is 7.65. The van der Waals surface area contributed by atoms with Gasteiger partial charge in [-0.15, -0.1) is 0 Å². The molecule has 0 radical (unpaired) electrons. The van der Waals surface area contributed by atoms with E-state index in [1.54, 1.807) is 37.8 Å². The van der Waals surface area contributed by atoms with Crippen molar-refractivity contribution < 1.29 is 19.1 Å². The Morgan fingerprint density at radius 1 is 1.22 bits per heavy atom. The summed E-state index contributed by atoms with van der Waals surface area (Å²) in [6, 6.07) is 7.15. The van der Waals surface area contributed by atoms with Crippen LogP contribution in [0.25, 0.3) is 0 Å². The molecule has 0 aliphatic carbocycles. The maximum atomic E-state index is 12.6. The van der Waals surface area contributed by atoms with E-state index < -0.39 is 5.97 Å². The van der Waals surface area contributed by atoms with E-state index in [0.29, 0.717) is 34.6 Å². The Balaban J connectivity index is 1.75. The minimum atomic E-state index is -0.442. The molecule has 7 heteroatoms. The van der Waals surface area contributed by atoms with Crippen molar-refractivity contribution in [1.82, 2.24) is 4.98 Å². The van der Waals surface area contributed by atoms with Crippen LogP contribution in [0.15, 0.2) is 24.3 Å². The third-order valence-electron chi connectivity index (χ3n) is 4.65. The molecule has 1 aliphatic heterocycles. The number of aryl methyl sites for hydroxylation is 1. The molecule has 2 heterocycles. The van der Waals surface area contributed by atoms with Crippen LogP contribution in [0, 0.1) is 13.8 Å². The van der Waals surface area contributed by atoms with Crippen LogP contribution in [-0.2, 0) is 9.53 Å². The first-order valence-electron chi connectivity index (χ1n) is 9.00. The number of aromatic amines is 1. The molecule has 3 rings (SSSR count). The minimum absolute atomic E-state index is 0.121. The number of amides is 2.